The lowest BCUT2D eigenvalue weighted by atomic mass is 10.1. The predicted octanol–water partition coefficient (Wildman–Crippen LogP) is 1.21. The second-order valence-electron chi connectivity index (χ2n) is 4.85. The van der Waals surface area contributed by atoms with E-state index in [9.17, 15) is 4.79 Å². The molecule has 0 spiro atoms. The van der Waals surface area contributed by atoms with Crippen molar-refractivity contribution in [3.05, 3.63) is 35.4 Å². The van der Waals surface area contributed by atoms with Crippen LogP contribution in [-0.2, 0) is 16.1 Å². The van der Waals surface area contributed by atoms with Crippen molar-refractivity contribution in [3.8, 4) is 11.8 Å². The quantitative estimate of drug-likeness (QED) is 0.814. The van der Waals surface area contributed by atoms with Crippen LogP contribution in [0.1, 0.15) is 30.9 Å². The second kappa shape index (κ2) is 7.09. The lowest BCUT2D eigenvalue weighted by molar-refractivity contribution is -0.131. The van der Waals surface area contributed by atoms with Gasteiger partial charge in [-0.3, -0.25) is 4.79 Å². The normalized spacial score (nSPS) is 21.1. The summed E-state index contributed by atoms with van der Waals surface area (Å²) in [5.74, 6) is 5.43. The van der Waals surface area contributed by atoms with Gasteiger partial charge >= 0.3 is 0 Å². The molecule has 0 bridgehead atoms. The standard InChI is InChI=1S/C16H19NO3/c1-12-8-9-15(20-12)16(19)17-11-14-6-3-2-5-13(14)7-4-10-18/h2-3,5-6,12,15,18H,8-11H2,1H3,(H,17,19). The second-order valence-corrected chi connectivity index (χ2v) is 4.85. The zero-order chi connectivity index (χ0) is 14.4. The largest absolute Gasteiger partial charge is 0.384 e. The number of rotatable bonds is 3. The Morgan fingerprint density at radius 2 is 2.25 bits per heavy atom. The SMILES string of the molecule is CC1CCC(C(=O)NCc2ccccc2C#CCO)O1. The summed E-state index contributed by atoms with van der Waals surface area (Å²) in [4.78, 5) is 12.0. The number of hydrogen-bond acceptors (Lipinski definition) is 3. The van der Waals surface area contributed by atoms with Gasteiger partial charge in [0.2, 0.25) is 5.91 Å². The Morgan fingerprint density at radius 1 is 1.45 bits per heavy atom. The van der Waals surface area contributed by atoms with E-state index in [1.807, 2.05) is 31.2 Å². The highest BCUT2D eigenvalue weighted by molar-refractivity contribution is 5.81. The average Bonchev–Trinajstić information content (AvgIpc) is 2.90. The Kier molecular flexibility index (Phi) is 5.16. The van der Waals surface area contributed by atoms with Crippen molar-refractivity contribution in [2.75, 3.05) is 6.61 Å². The Balaban J connectivity index is 1.95. The number of nitrogens with one attached hydrogen (secondary N) is 1. The van der Waals surface area contributed by atoms with E-state index in [0.29, 0.717) is 6.54 Å². The van der Waals surface area contributed by atoms with Crippen molar-refractivity contribution in [3.63, 3.8) is 0 Å². The van der Waals surface area contributed by atoms with Gasteiger partial charge < -0.3 is 15.2 Å². The monoisotopic (exact) mass is 273 g/mol. The molecule has 2 unspecified atom stereocenters. The Hall–Kier alpha value is -1.83. The van der Waals surface area contributed by atoms with Crippen LogP contribution in [0.25, 0.3) is 0 Å². The molecule has 1 aliphatic heterocycles. The fourth-order valence-electron chi connectivity index (χ4n) is 2.22. The zero-order valence-electron chi connectivity index (χ0n) is 11.6. The van der Waals surface area contributed by atoms with E-state index in [0.717, 1.165) is 24.0 Å². The molecular formula is C16H19NO3. The molecule has 2 rings (SSSR count). The van der Waals surface area contributed by atoms with Crippen LogP contribution in [0.4, 0.5) is 0 Å². The van der Waals surface area contributed by atoms with Crippen LogP contribution in [0.2, 0.25) is 0 Å². The van der Waals surface area contributed by atoms with Gasteiger partial charge in [-0.05, 0) is 31.4 Å². The molecule has 1 heterocycles. The molecule has 106 valence electrons. The van der Waals surface area contributed by atoms with Crippen LogP contribution in [-0.4, -0.2) is 29.8 Å². The van der Waals surface area contributed by atoms with E-state index in [-0.39, 0.29) is 24.7 Å². The van der Waals surface area contributed by atoms with Crippen LogP contribution < -0.4 is 5.32 Å². The van der Waals surface area contributed by atoms with Gasteiger partial charge in [0.1, 0.15) is 12.7 Å². The van der Waals surface area contributed by atoms with Gasteiger partial charge in [0.15, 0.2) is 0 Å². The minimum absolute atomic E-state index is 0.0701. The first kappa shape index (κ1) is 14.6. The molecule has 1 aromatic rings. The highest BCUT2D eigenvalue weighted by atomic mass is 16.5. The molecule has 1 fully saturated rings. The number of aliphatic hydroxyl groups is 1. The molecule has 20 heavy (non-hydrogen) atoms. The number of amides is 1. The Morgan fingerprint density at radius 3 is 2.95 bits per heavy atom. The maximum atomic E-state index is 12.0. The maximum absolute atomic E-state index is 12.0. The molecule has 1 saturated heterocycles. The van der Waals surface area contributed by atoms with Gasteiger partial charge in [0.05, 0.1) is 6.10 Å². The van der Waals surface area contributed by atoms with E-state index in [1.54, 1.807) is 0 Å². The van der Waals surface area contributed by atoms with Gasteiger partial charge in [-0.25, -0.2) is 0 Å². The summed E-state index contributed by atoms with van der Waals surface area (Å²) >= 11 is 0. The van der Waals surface area contributed by atoms with Gasteiger partial charge in [0.25, 0.3) is 0 Å². The van der Waals surface area contributed by atoms with Gasteiger partial charge in [0, 0.05) is 12.1 Å². The number of benzene rings is 1. The van der Waals surface area contributed by atoms with E-state index in [4.69, 9.17) is 9.84 Å². The van der Waals surface area contributed by atoms with Gasteiger partial charge in [-0.2, -0.15) is 0 Å². The van der Waals surface area contributed by atoms with Crippen molar-refractivity contribution in [1.29, 1.82) is 0 Å². The summed E-state index contributed by atoms with van der Waals surface area (Å²) in [5, 5.41) is 11.6. The summed E-state index contributed by atoms with van der Waals surface area (Å²) in [7, 11) is 0. The molecule has 1 amide bonds. The summed E-state index contributed by atoms with van der Waals surface area (Å²) in [6, 6.07) is 7.58. The van der Waals surface area contributed by atoms with E-state index in [1.165, 1.54) is 0 Å². The molecule has 4 nitrogen and oxygen atoms in total. The highest BCUT2D eigenvalue weighted by Crippen LogP contribution is 2.19. The summed E-state index contributed by atoms with van der Waals surface area (Å²) in [5.41, 5.74) is 1.76. The third kappa shape index (κ3) is 3.83. The third-order valence-corrected chi connectivity index (χ3v) is 3.30. The summed E-state index contributed by atoms with van der Waals surface area (Å²) in [6.07, 6.45) is 1.53. The number of ether oxygens (including phenoxy) is 1. The van der Waals surface area contributed by atoms with Gasteiger partial charge in [-0.1, -0.05) is 30.0 Å². The van der Waals surface area contributed by atoms with Crippen LogP contribution in [0, 0.1) is 11.8 Å². The summed E-state index contributed by atoms with van der Waals surface area (Å²) < 4.78 is 5.53. The first-order chi connectivity index (χ1) is 9.70. The molecule has 4 heteroatoms. The van der Waals surface area contributed by atoms with Crippen molar-refractivity contribution < 1.29 is 14.6 Å². The fourth-order valence-corrected chi connectivity index (χ4v) is 2.22. The maximum Gasteiger partial charge on any atom is 0.249 e. The first-order valence-electron chi connectivity index (χ1n) is 6.81. The minimum atomic E-state index is -0.333. The van der Waals surface area contributed by atoms with E-state index >= 15 is 0 Å². The topological polar surface area (TPSA) is 58.6 Å². The zero-order valence-corrected chi connectivity index (χ0v) is 11.6. The molecule has 0 aromatic heterocycles. The minimum Gasteiger partial charge on any atom is -0.384 e. The number of carbonyl (C=O) groups is 1. The molecule has 1 aromatic carbocycles. The van der Waals surface area contributed by atoms with Gasteiger partial charge in [-0.15, -0.1) is 0 Å². The molecule has 2 N–H and O–H groups in total. The Bertz CT molecular complexity index is 530. The van der Waals surface area contributed by atoms with Crippen molar-refractivity contribution in [1.82, 2.24) is 5.32 Å². The molecule has 1 aliphatic rings. The smallest absolute Gasteiger partial charge is 0.249 e. The fraction of sp³-hybridized carbons (Fsp3) is 0.438. The first-order valence-corrected chi connectivity index (χ1v) is 6.81. The molecule has 0 saturated carbocycles. The molecular weight excluding hydrogens is 254 g/mol. The number of hydrogen-bond donors (Lipinski definition) is 2. The van der Waals surface area contributed by atoms with E-state index in [2.05, 4.69) is 17.2 Å². The van der Waals surface area contributed by atoms with E-state index < -0.39 is 0 Å². The highest BCUT2D eigenvalue weighted by Gasteiger charge is 2.27. The lowest BCUT2D eigenvalue weighted by Gasteiger charge is -2.12. The summed E-state index contributed by atoms with van der Waals surface area (Å²) in [6.45, 7) is 2.23. The van der Waals surface area contributed by atoms with Crippen molar-refractivity contribution in [2.45, 2.75) is 38.5 Å². The van der Waals surface area contributed by atoms with Crippen molar-refractivity contribution >= 4 is 5.91 Å². The lowest BCUT2D eigenvalue weighted by Crippen LogP contribution is -2.34. The third-order valence-electron chi connectivity index (χ3n) is 3.30. The number of carbonyl (C=O) groups excluding carboxylic acids is 1. The number of aliphatic hydroxyl groups excluding tert-OH is 1. The molecule has 0 radical (unpaired) electrons. The predicted molar refractivity (Wildman–Crippen MR) is 75.8 cm³/mol. The van der Waals surface area contributed by atoms with Crippen molar-refractivity contribution in [2.24, 2.45) is 0 Å². The van der Waals surface area contributed by atoms with Crippen LogP contribution >= 0.6 is 0 Å². The average molecular weight is 273 g/mol. The molecule has 2 atom stereocenters. The van der Waals surface area contributed by atoms with Crippen LogP contribution in [0.5, 0.6) is 0 Å². The Labute approximate surface area is 119 Å². The molecule has 0 aliphatic carbocycles. The van der Waals surface area contributed by atoms with Crippen LogP contribution in [0.3, 0.4) is 0 Å². The van der Waals surface area contributed by atoms with Crippen LogP contribution in [0.15, 0.2) is 24.3 Å².